The number of fused-ring (bicyclic) bond motifs is 1. The summed E-state index contributed by atoms with van der Waals surface area (Å²) >= 11 is 6.40. The molecule has 1 aliphatic rings. The molecule has 31 heavy (non-hydrogen) atoms. The molecule has 1 saturated carbocycles. The van der Waals surface area contributed by atoms with Crippen molar-refractivity contribution in [3.8, 4) is 11.6 Å². The van der Waals surface area contributed by atoms with Gasteiger partial charge in [-0.05, 0) is 44.7 Å². The monoisotopic (exact) mass is 440 g/mol. The van der Waals surface area contributed by atoms with Crippen LogP contribution in [0.1, 0.15) is 37.1 Å². The predicted octanol–water partition coefficient (Wildman–Crippen LogP) is 4.02. The highest BCUT2D eigenvalue weighted by atomic mass is 35.5. The van der Waals surface area contributed by atoms with Crippen LogP contribution in [0, 0.1) is 12.8 Å². The number of aryl methyl sites for hydroxylation is 1. The van der Waals surface area contributed by atoms with E-state index in [1.807, 2.05) is 26.0 Å². The van der Waals surface area contributed by atoms with Crippen LogP contribution in [0.25, 0.3) is 16.7 Å². The summed E-state index contributed by atoms with van der Waals surface area (Å²) < 4.78 is 12.9. The molecule has 0 amide bonds. The predicted molar refractivity (Wildman–Crippen MR) is 116 cm³/mol. The third kappa shape index (κ3) is 4.00. The second-order valence-electron chi connectivity index (χ2n) is 7.84. The molecule has 0 radical (unpaired) electrons. The summed E-state index contributed by atoms with van der Waals surface area (Å²) in [6.07, 6.45) is 5.50. The minimum absolute atomic E-state index is 0.207. The number of aromatic amines is 1. The van der Waals surface area contributed by atoms with Crippen LogP contribution < -0.4 is 15.6 Å². The maximum absolute atomic E-state index is 12.7. The highest BCUT2D eigenvalue weighted by Gasteiger charge is 2.22. The van der Waals surface area contributed by atoms with Crippen LogP contribution in [0.5, 0.6) is 5.75 Å². The first kappa shape index (κ1) is 19.6. The van der Waals surface area contributed by atoms with E-state index in [4.69, 9.17) is 20.8 Å². The number of H-pyrrole nitrogens is 1. The molecule has 3 heterocycles. The molecule has 10 heteroatoms. The normalized spacial score (nSPS) is 14.7. The Labute approximate surface area is 182 Å². The van der Waals surface area contributed by atoms with Crippen LogP contribution in [-0.4, -0.2) is 31.6 Å². The third-order valence-corrected chi connectivity index (χ3v) is 5.63. The van der Waals surface area contributed by atoms with Crippen LogP contribution in [0.3, 0.4) is 0 Å². The lowest BCUT2D eigenvalue weighted by molar-refractivity contribution is 0.300. The van der Waals surface area contributed by atoms with Crippen LogP contribution in [0.2, 0.25) is 5.02 Å². The van der Waals surface area contributed by atoms with Crippen LogP contribution >= 0.6 is 11.6 Å². The number of nitrogens with one attached hydrogen (secondary N) is 2. The number of ether oxygens (including phenoxy) is 1. The molecule has 1 aliphatic carbocycles. The second kappa shape index (κ2) is 7.73. The Balaban J connectivity index is 1.38. The van der Waals surface area contributed by atoms with Gasteiger partial charge in [0.2, 0.25) is 0 Å². The van der Waals surface area contributed by atoms with Crippen molar-refractivity contribution in [2.75, 3.05) is 11.9 Å². The van der Waals surface area contributed by atoms with Crippen molar-refractivity contribution in [1.29, 1.82) is 0 Å². The fourth-order valence-corrected chi connectivity index (χ4v) is 3.58. The summed E-state index contributed by atoms with van der Waals surface area (Å²) in [4.78, 5) is 20.0. The zero-order chi connectivity index (χ0) is 21.5. The molecular formula is C21H21ClN6O3. The van der Waals surface area contributed by atoms with Crippen molar-refractivity contribution >= 4 is 28.5 Å². The molecule has 9 nitrogen and oxygen atoms in total. The smallest absolute Gasteiger partial charge is 0.297 e. The van der Waals surface area contributed by atoms with Gasteiger partial charge in [0, 0.05) is 17.0 Å². The number of oxazole rings is 1. The summed E-state index contributed by atoms with van der Waals surface area (Å²) in [6.45, 7) is 4.38. The first-order valence-electron chi connectivity index (χ1n) is 10.1. The van der Waals surface area contributed by atoms with E-state index in [-0.39, 0.29) is 17.6 Å². The molecule has 0 saturated heterocycles. The molecule has 160 valence electrons. The first-order valence-corrected chi connectivity index (χ1v) is 10.4. The maximum Gasteiger partial charge on any atom is 0.297 e. The molecule has 4 aromatic rings. The Bertz CT molecular complexity index is 1310. The third-order valence-electron chi connectivity index (χ3n) is 5.33. The van der Waals surface area contributed by atoms with Gasteiger partial charge in [-0.2, -0.15) is 9.67 Å². The molecule has 5 rings (SSSR count). The molecule has 0 unspecified atom stereocenters. The van der Waals surface area contributed by atoms with Gasteiger partial charge in [-0.1, -0.05) is 16.8 Å². The lowest BCUT2D eigenvalue weighted by Gasteiger charge is -2.14. The Morgan fingerprint density at radius 3 is 2.97 bits per heavy atom. The van der Waals surface area contributed by atoms with Gasteiger partial charge in [0.15, 0.2) is 5.82 Å². The van der Waals surface area contributed by atoms with E-state index < -0.39 is 0 Å². The Morgan fingerprint density at radius 2 is 2.23 bits per heavy atom. The summed E-state index contributed by atoms with van der Waals surface area (Å²) in [5.41, 5.74) is 1.83. The van der Waals surface area contributed by atoms with Gasteiger partial charge in [0.05, 0.1) is 35.1 Å². The SMILES string of the molecule is Cc1cnnn1-c1coc(N[C@@H](C)c2cc3cc(Cl)c(OCC4CC4)cc3[nH]c2=O)n1. The van der Waals surface area contributed by atoms with Crippen molar-refractivity contribution in [1.82, 2.24) is 25.0 Å². The highest BCUT2D eigenvalue weighted by Crippen LogP contribution is 2.34. The number of aromatic nitrogens is 5. The molecular weight excluding hydrogens is 420 g/mol. The maximum atomic E-state index is 12.7. The van der Waals surface area contributed by atoms with E-state index in [0.717, 1.165) is 11.1 Å². The van der Waals surface area contributed by atoms with Crippen LogP contribution in [0.15, 0.2) is 39.9 Å². The van der Waals surface area contributed by atoms with Crippen molar-refractivity contribution < 1.29 is 9.15 Å². The zero-order valence-corrected chi connectivity index (χ0v) is 17.8. The number of nitrogens with zero attached hydrogens (tertiary/aromatic N) is 4. The molecule has 1 atom stereocenters. The van der Waals surface area contributed by atoms with Gasteiger partial charge in [-0.15, -0.1) is 5.10 Å². The largest absolute Gasteiger partial charge is 0.492 e. The van der Waals surface area contributed by atoms with Crippen molar-refractivity contribution in [3.05, 3.63) is 57.3 Å². The average Bonchev–Trinajstić information content (AvgIpc) is 3.30. The van der Waals surface area contributed by atoms with Gasteiger partial charge in [0.25, 0.3) is 11.6 Å². The lowest BCUT2D eigenvalue weighted by atomic mass is 10.1. The zero-order valence-electron chi connectivity index (χ0n) is 17.1. The van der Waals surface area contributed by atoms with Gasteiger partial charge < -0.3 is 19.5 Å². The lowest BCUT2D eigenvalue weighted by Crippen LogP contribution is -2.19. The Morgan fingerprint density at radius 1 is 1.39 bits per heavy atom. The molecule has 0 spiro atoms. The van der Waals surface area contributed by atoms with E-state index in [9.17, 15) is 4.79 Å². The first-order chi connectivity index (χ1) is 15.0. The number of halogens is 1. The molecule has 3 aromatic heterocycles. The number of rotatable bonds is 7. The van der Waals surface area contributed by atoms with Gasteiger partial charge in [0.1, 0.15) is 12.0 Å². The number of benzene rings is 1. The highest BCUT2D eigenvalue weighted by molar-refractivity contribution is 6.32. The van der Waals surface area contributed by atoms with E-state index in [1.165, 1.54) is 19.1 Å². The fraction of sp³-hybridized carbons (Fsp3) is 0.333. The number of hydrogen-bond acceptors (Lipinski definition) is 7. The molecule has 0 aliphatic heterocycles. The van der Waals surface area contributed by atoms with Crippen molar-refractivity contribution in [3.63, 3.8) is 0 Å². The summed E-state index contributed by atoms with van der Waals surface area (Å²) in [6, 6.07) is 5.32. The summed E-state index contributed by atoms with van der Waals surface area (Å²) in [5.74, 6) is 1.71. The quantitative estimate of drug-likeness (QED) is 0.446. The van der Waals surface area contributed by atoms with Crippen LogP contribution in [-0.2, 0) is 0 Å². The number of anilines is 1. The van der Waals surface area contributed by atoms with E-state index in [2.05, 4.69) is 25.6 Å². The summed E-state index contributed by atoms with van der Waals surface area (Å²) in [5, 5.41) is 12.3. The minimum Gasteiger partial charge on any atom is -0.492 e. The van der Waals surface area contributed by atoms with Gasteiger partial charge in [-0.3, -0.25) is 4.79 Å². The molecule has 2 N–H and O–H groups in total. The number of pyridine rings is 1. The van der Waals surface area contributed by atoms with E-state index in [0.29, 0.717) is 40.2 Å². The number of hydrogen-bond donors (Lipinski definition) is 2. The minimum atomic E-state index is -0.360. The molecule has 1 fully saturated rings. The van der Waals surface area contributed by atoms with Crippen molar-refractivity contribution in [2.45, 2.75) is 32.7 Å². The van der Waals surface area contributed by atoms with Gasteiger partial charge in [-0.25, -0.2) is 0 Å². The van der Waals surface area contributed by atoms with E-state index in [1.54, 1.807) is 16.9 Å². The second-order valence-corrected chi connectivity index (χ2v) is 8.25. The summed E-state index contributed by atoms with van der Waals surface area (Å²) in [7, 11) is 0. The van der Waals surface area contributed by atoms with E-state index >= 15 is 0 Å². The standard InChI is InChI=1S/C21H21ClN6O3/c1-11-8-23-27-28(11)19-10-31-21(26-19)24-12(2)15-5-14-6-16(22)18(30-9-13-3-4-13)7-17(14)25-20(15)29/h5-8,10,12-13H,3-4,9H2,1-2H3,(H,24,26)(H,25,29)/t12-/m0/s1. The fourth-order valence-electron chi connectivity index (χ4n) is 3.35. The van der Waals surface area contributed by atoms with Crippen molar-refractivity contribution in [2.24, 2.45) is 5.92 Å². The molecule has 0 bridgehead atoms. The van der Waals surface area contributed by atoms with Gasteiger partial charge >= 0.3 is 0 Å². The average molecular weight is 441 g/mol. The van der Waals surface area contributed by atoms with Crippen LogP contribution in [0.4, 0.5) is 6.01 Å². The topological polar surface area (TPSA) is 111 Å². The Kier molecular flexibility index (Phi) is 4.90. The molecule has 1 aromatic carbocycles. The Hall–Kier alpha value is -3.33.